The van der Waals surface area contributed by atoms with Gasteiger partial charge in [-0.1, -0.05) is 0 Å². The summed E-state index contributed by atoms with van der Waals surface area (Å²) < 4.78 is 23.4. The summed E-state index contributed by atoms with van der Waals surface area (Å²) in [6.07, 6.45) is -0.811. The van der Waals surface area contributed by atoms with Crippen LogP contribution in [0, 0.1) is 22.9 Å². The number of ether oxygens (including phenoxy) is 2. The van der Waals surface area contributed by atoms with E-state index in [0.717, 1.165) is 6.07 Å². The molecule has 2 rings (SSSR count). The van der Waals surface area contributed by atoms with Gasteiger partial charge in [0.05, 0.1) is 31.3 Å². The topological polar surface area (TPSA) is 81.9 Å². The Hall–Kier alpha value is -2.22. The molecule has 0 aromatic heterocycles. The van der Waals surface area contributed by atoms with E-state index in [1.807, 2.05) is 0 Å². The highest BCUT2D eigenvalue weighted by atomic mass is 19.1. The summed E-state index contributed by atoms with van der Waals surface area (Å²) in [4.78, 5) is 23.6. The monoisotopic (exact) mass is 298 g/mol. The summed E-state index contributed by atoms with van der Waals surface area (Å²) in [5.41, 5.74) is 0.247. The average molecular weight is 298 g/mol. The van der Waals surface area contributed by atoms with Crippen LogP contribution in [-0.2, 0) is 14.3 Å². The SMILES string of the molecule is COC(=O)C1CN(c2cc(C)c(F)cc2[N+](=O)[O-])CCO1. The Kier molecular flexibility index (Phi) is 4.37. The van der Waals surface area contributed by atoms with Crippen LogP contribution in [0.1, 0.15) is 5.56 Å². The van der Waals surface area contributed by atoms with Gasteiger partial charge in [0.1, 0.15) is 11.5 Å². The highest BCUT2D eigenvalue weighted by molar-refractivity contribution is 5.76. The second kappa shape index (κ2) is 6.04. The molecule has 1 unspecified atom stereocenters. The lowest BCUT2D eigenvalue weighted by molar-refractivity contribution is -0.384. The minimum absolute atomic E-state index is 0.124. The van der Waals surface area contributed by atoms with E-state index in [9.17, 15) is 19.3 Å². The molecule has 1 aromatic carbocycles. The van der Waals surface area contributed by atoms with Crippen LogP contribution in [0.25, 0.3) is 0 Å². The van der Waals surface area contributed by atoms with E-state index in [2.05, 4.69) is 4.74 Å². The molecule has 1 atom stereocenters. The summed E-state index contributed by atoms with van der Waals surface area (Å²) in [6.45, 7) is 2.26. The predicted molar refractivity (Wildman–Crippen MR) is 71.8 cm³/mol. The zero-order valence-electron chi connectivity index (χ0n) is 11.7. The molecule has 0 amide bonds. The van der Waals surface area contributed by atoms with Gasteiger partial charge in [0.2, 0.25) is 0 Å². The van der Waals surface area contributed by atoms with Gasteiger partial charge in [0.25, 0.3) is 5.69 Å². The molecule has 0 radical (unpaired) electrons. The molecule has 0 aliphatic carbocycles. The number of nitrogens with zero attached hydrogens (tertiary/aromatic N) is 2. The highest BCUT2D eigenvalue weighted by Crippen LogP contribution is 2.32. The number of carbonyl (C=O) groups excluding carboxylic acids is 1. The van der Waals surface area contributed by atoms with E-state index in [4.69, 9.17) is 4.74 Å². The molecule has 8 heteroatoms. The Morgan fingerprint density at radius 3 is 2.90 bits per heavy atom. The Balaban J connectivity index is 2.34. The van der Waals surface area contributed by atoms with Crippen LogP contribution < -0.4 is 4.90 Å². The number of halogens is 1. The van der Waals surface area contributed by atoms with Crippen molar-refractivity contribution >= 4 is 17.3 Å². The lowest BCUT2D eigenvalue weighted by Gasteiger charge is -2.32. The number of aryl methyl sites for hydroxylation is 1. The van der Waals surface area contributed by atoms with Gasteiger partial charge < -0.3 is 14.4 Å². The van der Waals surface area contributed by atoms with Crippen molar-refractivity contribution in [3.05, 3.63) is 33.6 Å². The number of hydrogen-bond donors (Lipinski definition) is 0. The molecule has 7 nitrogen and oxygen atoms in total. The highest BCUT2D eigenvalue weighted by Gasteiger charge is 2.31. The van der Waals surface area contributed by atoms with Crippen LogP contribution in [0.5, 0.6) is 0 Å². The molecule has 1 saturated heterocycles. The summed E-state index contributed by atoms with van der Waals surface area (Å²) in [5, 5.41) is 11.1. The van der Waals surface area contributed by atoms with Crippen molar-refractivity contribution in [1.82, 2.24) is 0 Å². The Bertz CT molecular complexity index is 578. The molecule has 0 bridgehead atoms. The molecule has 1 aliphatic heterocycles. The quantitative estimate of drug-likeness (QED) is 0.477. The molecule has 21 heavy (non-hydrogen) atoms. The number of rotatable bonds is 3. The van der Waals surface area contributed by atoms with Gasteiger partial charge in [0.15, 0.2) is 6.10 Å². The van der Waals surface area contributed by atoms with Crippen LogP contribution >= 0.6 is 0 Å². The lowest BCUT2D eigenvalue weighted by Crippen LogP contribution is -2.46. The molecule has 1 aliphatic rings. The third-order valence-corrected chi connectivity index (χ3v) is 3.32. The molecule has 1 aromatic rings. The van der Waals surface area contributed by atoms with E-state index in [0.29, 0.717) is 12.1 Å². The van der Waals surface area contributed by atoms with Crippen molar-refractivity contribution in [2.45, 2.75) is 13.0 Å². The molecule has 0 spiro atoms. The first kappa shape index (κ1) is 15.2. The smallest absolute Gasteiger partial charge is 0.336 e. The fourth-order valence-corrected chi connectivity index (χ4v) is 2.20. The Labute approximate surface area is 120 Å². The minimum atomic E-state index is -0.811. The zero-order chi connectivity index (χ0) is 15.6. The fraction of sp³-hybridized carbons (Fsp3) is 0.462. The van der Waals surface area contributed by atoms with Gasteiger partial charge in [-0.15, -0.1) is 0 Å². The number of methoxy groups -OCH3 is 1. The summed E-state index contributed by atoms with van der Waals surface area (Å²) >= 11 is 0. The maximum absolute atomic E-state index is 13.5. The maximum atomic E-state index is 13.5. The van der Waals surface area contributed by atoms with Gasteiger partial charge in [-0.25, -0.2) is 9.18 Å². The summed E-state index contributed by atoms with van der Waals surface area (Å²) in [6, 6.07) is 2.31. The van der Waals surface area contributed by atoms with Crippen molar-refractivity contribution in [3.63, 3.8) is 0 Å². The van der Waals surface area contributed by atoms with Crippen molar-refractivity contribution in [2.24, 2.45) is 0 Å². The normalized spacial score (nSPS) is 18.4. The van der Waals surface area contributed by atoms with E-state index < -0.39 is 22.8 Å². The number of anilines is 1. The van der Waals surface area contributed by atoms with Crippen LogP contribution in [0.4, 0.5) is 15.8 Å². The number of benzene rings is 1. The molecular weight excluding hydrogens is 283 g/mol. The second-order valence-corrected chi connectivity index (χ2v) is 4.68. The first-order chi connectivity index (χ1) is 9.93. The largest absolute Gasteiger partial charge is 0.467 e. The molecule has 1 fully saturated rings. The van der Waals surface area contributed by atoms with Gasteiger partial charge >= 0.3 is 5.97 Å². The first-order valence-electron chi connectivity index (χ1n) is 6.33. The zero-order valence-corrected chi connectivity index (χ0v) is 11.7. The fourth-order valence-electron chi connectivity index (χ4n) is 2.20. The van der Waals surface area contributed by atoms with Crippen LogP contribution in [-0.4, -0.2) is 43.8 Å². The summed E-state index contributed by atoms with van der Waals surface area (Å²) in [5.74, 6) is -1.18. The van der Waals surface area contributed by atoms with Gasteiger partial charge in [-0.3, -0.25) is 10.1 Å². The molecular formula is C13H15FN2O5. The van der Waals surface area contributed by atoms with Crippen molar-refractivity contribution < 1.29 is 23.6 Å². The van der Waals surface area contributed by atoms with Gasteiger partial charge in [0, 0.05) is 6.54 Å². The molecule has 114 valence electrons. The molecule has 1 heterocycles. The molecule has 0 N–H and O–H groups in total. The van der Waals surface area contributed by atoms with E-state index >= 15 is 0 Å². The third kappa shape index (κ3) is 3.10. The molecule has 0 saturated carbocycles. The van der Waals surface area contributed by atoms with E-state index in [1.54, 1.807) is 4.90 Å². The van der Waals surface area contributed by atoms with Crippen LogP contribution in [0.15, 0.2) is 12.1 Å². The Morgan fingerprint density at radius 2 is 2.29 bits per heavy atom. The maximum Gasteiger partial charge on any atom is 0.336 e. The minimum Gasteiger partial charge on any atom is -0.467 e. The van der Waals surface area contributed by atoms with Gasteiger partial charge in [-0.2, -0.15) is 0 Å². The number of carbonyl (C=O) groups is 1. The van der Waals surface area contributed by atoms with Crippen molar-refractivity contribution in [2.75, 3.05) is 31.7 Å². The predicted octanol–water partition coefficient (Wildman–Crippen LogP) is 1.42. The van der Waals surface area contributed by atoms with E-state index in [1.165, 1.54) is 20.1 Å². The number of hydrogen-bond acceptors (Lipinski definition) is 6. The van der Waals surface area contributed by atoms with Crippen LogP contribution in [0.3, 0.4) is 0 Å². The van der Waals surface area contributed by atoms with Gasteiger partial charge in [-0.05, 0) is 18.6 Å². The number of nitro groups is 1. The average Bonchev–Trinajstić information content (AvgIpc) is 2.48. The van der Waals surface area contributed by atoms with E-state index in [-0.39, 0.29) is 24.5 Å². The van der Waals surface area contributed by atoms with Crippen molar-refractivity contribution in [3.8, 4) is 0 Å². The van der Waals surface area contributed by atoms with Crippen LogP contribution in [0.2, 0.25) is 0 Å². The number of nitro benzene ring substituents is 1. The van der Waals surface area contributed by atoms with Crippen molar-refractivity contribution in [1.29, 1.82) is 0 Å². The second-order valence-electron chi connectivity index (χ2n) is 4.68. The third-order valence-electron chi connectivity index (χ3n) is 3.32. The number of esters is 1. The Morgan fingerprint density at radius 1 is 1.57 bits per heavy atom. The standard InChI is InChI=1S/C13H15FN2O5/c1-8-5-10(11(16(18)19)6-9(8)14)15-3-4-21-12(7-15)13(17)20-2/h5-6,12H,3-4,7H2,1-2H3. The first-order valence-corrected chi connectivity index (χ1v) is 6.33. The number of morpholine rings is 1. The lowest BCUT2D eigenvalue weighted by atomic mass is 10.1. The summed E-state index contributed by atoms with van der Waals surface area (Å²) in [7, 11) is 1.25.